The Hall–Kier alpha value is -4.01. The molecular formula is C26H19Br2N3O6. The highest BCUT2D eigenvalue weighted by Gasteiger charge is 2.14. The molecule has 0 spiro atoms. The lowest BCUT2D eigenvalue weighted by atomic mass is 10.1. The second kappa shape index (κ2) is 12.8. The van der Waals surface area contributed by atoms with Crippen molar-refractivity contribution in [2.45, 2.75) is 13.5 Å². The van der Waals surface area contributed by atoms with Crippen LogP contribution in [0.4, 0.5) is 11.4 Å². The van der Waals surface area contributed by atoms with Crippen LogP contribution in [0, 0.1) is 21.4 Å². The first-order valence-corrected chi connectivity index (χ1v) is 12.4. The number of non-ortho nitro benzene ring substituents is 1. The van der Waals surface area contributed by atoms with E-state index < -0.39 is 16.8 Å². The van der Waals surface area contributed by atoms with Crippen molar-refractivity contribution in [2.75, 3.05) is 11.9 Å². The van der Waals surface area contributed by atoms with Crippen molar-refractivity contribution in [1.82, 2.24) is 0 Å². The first-order valence-electron chi connectivity index (χ1n) is 10.8. The van der Waals surface area contributed by atoms with E-state index in [2.05, 4.69) is 37.2 Å². The Bertz CT molecular complexity index is 1370. The molecule has 0 unspecified atom stereocenters. The van der Waals surface area contributed by atoms with Gasteiger partial charge in [-0.2, -0.15) is 5.26 Å². The van der Waals surface area contributed by atoms with Crippen molar-refractivity contribution >= 4 is 61.2 Å². The third kappa shape index (κ3) is 7.49. The first kappa shape index (κ1) is 27.6. The Balaban J connectivity index is 1.70. The minimum absolute atomic E-state index is 0.00623. The summed E-state index contributed by atoms with van der Waals surface area (Å²) in [5.74, 6) is -0.591. The number of nitriles is 1. The van der Waals surface area contributed by atoms with Crippen LogP contribution in [0.1, 0.15) is 28.4 Å². The van der Waals surface area contributed by atoms with E-state index in [1.165, 1.54) is 30.3 Å². The van der Waals surface area contributed by atoms with Gasteiger partial charge in [-0.25, -0.2) is 4.79 Å². The predicted octanol–water partition coefficient (Wildman–Crippen LogP) is 6.42. The Morgan fingerprint density at radius 3 is 2.24 bits per heavy atom. The van der Waals surface area contributed by atoms with Gasteiger partial charge in [-0.15, -0.1) is 0 Å². The van der Waals surface area contributed by atoms with Crippen LogP contribution in [0.2, 0.25) is 0 Å². The number of carbonyl (C=O) groups excluding carboxylic acids is 2. The van der Waals surface area contributed by atoms with Gasteiger partial charge in [0, 0.05) is 17.8 Å². The Kier molecular flexibility index (Phi) is 9.54. The summed E-state index contributed by atoms with van der Waals surface area (Å²) in [7, 11) is 0. The summed E-state index contributed by atoms with van der Waals surface area (Å²) in [5.41, 5.74) is 1.93. The van der Waals surface area contributed by atoms with Gasteiger partial charge in [-0.3, -0.25) is 14.9 Å². The lowest BCUT2D eigenvalue weighted by molar-refractivity contribution is -0.384. The van der Waals surface area contributed by atoms with E-state index in [-0.39, 0.29) is 24.5 Å². The molecule has 3 aromatic rings. The normalized spacial score (nSPS) is 10.8. The average molecular weight is 629 g/mol. The maximum atomic E-state index is 12.6. The van der Waals surface area contributed by atoms with E-state index in [1.54, 1.807) is 43.3 Å². The fourth-order valence-corrected chi connectivity index (χ4v) is 4.54. The summed E-state index contributed by atoms with van der Waals surface area (Å²) in [6.45, 7) is 2.14. The molecular weight excluding hydrogens is 610 g/mol. The molecule has 188 valence electrons. The Morgan fingerprint density at radius 1 is 1.08 bits per heavy atom. The number of hydrogen-bond donors (Lipinski definition) is 1. The van der Waals surface area contributed by atoms with Crippen molar-refractivity contribution in [3.05, 3.63) is 102 Å². The van der Waals surface area contributed by atoms with Crippen LogP contribution < -0.4 is 10.1 Å². The minimum atomic E-state index is -0.614. The highest BCUT2D eigenvalue weighted by Crippen LogP contribution is 2.36. The van der Waals surface area contributed by atoms with Gasteiger partial charge in [0.15, 0.2) is 0 Å². The Labute approximate surface area is 229 Å². The van der Waals surface area contributed by atoms with Crippen molar-refractivity contribution in [1.29, 1.82) is 5.26 Å². The monoisotopic (exact) mass is 627 g/mol. The second-order valence-electron chi connectivity index (χ2n) is 7.45. The molecule has 1 amide bonds. The van der Waals surface area contributed by atoms with Crippen LogP contribution in [-0.2, 0) is 16.1 Å². The van der Waals surface area contributed by atoms with E-state index >= 15 is 0 Å². The largest absolute Gasteiger partial charge is 0.487 e. The molecule has 3 aromatic carbocycles. The number of amides is 1. The van der Waals surface area contributed by atoms with Crippen molar-refractivity contribution < 1.29 is 24.0 Å². The lowest BCUT2D eigenvalue weighted by Gasteiger charge is -2.12. The third-order valence-corrected chi connectivity index (χ3v) is 6.06. The molecule has 0 fully saturated rings. The molecule has 0 aliphatic heterocycles. The van der Waals surface area contributed by atoms with Gasteiger partial charge in [0.1, 0.15) is 24.0 Å². The number of nitro groups is 1. The van der Waals surface area contributed by atoms with Crippen molar-refractivity contribution in [2.24, 2.45) is 0 Å². The summed E-state index contributed by atoms with van der Waals surface area (Å²) < 4.78 is 11.9. The highest BCUT2D eigenvalue weighted by atomic mass is 79.9. The van der Waals surface area contributed by atoms with E-state index in [4.69, 9.17) is 9.47 Å². The molecule has 0 aromatic heterocycles. The third-order valence-electron chi connectivity index (χ3n) is 4.88. The zero-order valence-electron chi connectivity index (χ0n) is 19.4. The number of nitrogens with one attached hydrogen (secondary N) is 1. The van der Waals surface area contributed by atoms with Gasteiger partial charge < -0.3 is 14.8 Å². The van der Waals surface area contributed by atoms with Crippen LogP contribution in [-0.4, -0.2) is 23.4 Å². The predicted molar refractivity (Wildman–Crippen MR) is 144 cm³/mol. The fraction of sp³-hybridized carbons (Fsp3) is 0.115. The van der Waals surface area contributed by atoms with Gasteiger partial charge in [0.25, 0.3) is 11.6 Å². The summed E-state index contributed by atoms with van der Waals surface area (Å²) in [6.07, 6.45) is 1.43. The zero-order chi connectivity index (χ0) is 26.9. The smallest absolute Gasteiger partial charge is 0.338 e. The molecule has 0 aliphatic carbocycles. The van der Waals surface area contributed by atoms with Gasteiger partial charge in [-0.05, 0) is 105 Å². The van der Waals surface area contributed by atoms with Gasteiger partial charge in [0.05, 0.1) is 26.0 Å². The number of nitrogens with zero attached hydrogens (tertiary/aromatic N) is 2. The van der Waals surface area contributed by atoms with Crippen LogP contribution in [0.5, 0.6) is 5.75 Å². The number of ether oxygens (including phenoxy) is 2. The quantitative estimate of drug-likeness (QED) is 0.0950. The molecule has 1 N–H and O–H groups in total. The van der Waals surface area contributed by atoms with Crippen LogP contribution in [0.3, 0.4) is 0 Å². The topological polar surface area (TPSA) is 132 Å². The molecule has 0 aliphatic rings. The SMILES string of the molecule is CCOC(=O)c1ccc(NC(=O)/C(C#N)=C/c2cc(Br)c(OCc3ccc([N+](=O)[O-])cc3)c(Br)c2)cc1. The molecule has 3 rings (SSSR count). The van der Waals surface area contributed by atoms with Gasteiger partial charge in [0.2, 0.25) is 0 Å². The molecule has 9 nitrogen and oxygen atoms in total. The highest BCUT2D eigenvalue weighted by molar-refractivity contribution is 9.11. The van der Waals surface area contributed by atoms with Crippen LogP contribution >= 0.6 is 31.9 Å². The molecule has 0 atom stereocenters. The fourth-order valence-electron chi connectivity index (χ4n) is 3.09. The van der Waals surface area contributed by atoms with Gasteiger partial charge >= 0.3 is 5.97 Å². The number of halogens is 2. The number of carbonyl (C=O) groups is 2. The molecule has 11 heteroatoms. The van der Waals surface area contributed by atoms with Crippen LogP contribution in [0.25, 0.3) is 6.08 Å². The Morgan fingerprint density at radius 2 is 1.70 bits per heavy atom. The van der Waals surface area contributed by atoms with E-state index in [9.17, 15) is 25.0 Å². The summed E-state index contributed by atoms with van der Waals surface area (Å²) in [5, 5.41) is 23.0. The van der Waals surface area contributed by atoms with Crippen LogP contribution in [0.15, 0.2) is 75.2 Å². The van der Waals surface area contributed by atoms with Crippen molar-refractivity contribution in [3.8, 4) is 11.8 Å². The standard InChI is InChI=1S/C26H19Br2N3O6/c1-2-36-26(33)18-5-7-20(8-6-18)30-25(32)19(14-29)11-17-12-22(27)24(23(28)13-17)37-15-16-3-9-21(10-4-16)31(34)35/h3-13H,2,15H2,1H3,(H,30,32)/b19-11+. The first-order chi connectivity index (χ1) is 17.7. The van der Waals surface area contributed by atoms with E-state index in [0.717, 1.165) is 5.56 Å². The lowest BCUT2D eigenvalue weighted by Crippen LogP contribution is -2.13. The number of rotatable bonds is 9. The molecule has 0 radical (unpaired) electrons. The zero-order valence-corrected chi connectivity index (χ0v) is 22.5. The summed E-state index contributed by atoms with van der Waals surface area (Å²) >= 11 is 6.88. The maximum absolute atomic E-state index is 12.6. The summed E-state index contributed by atoms with van der Waals surface area (Å²) in [6, 6.07) is 17.4. The van der Waals surface area contributed by atoms with E-state index in [0.29, 0.717) is 31.5 Å². The van der Waals surface area contributed by atoms with E-state index in [1.807, 2.05) is 6.07 Å². The molecule has 0 saturated heterocycles. The van der Waals surface area contributed by atoms with Crippen molar-refractivity contribution in [3.63, 3.8) is 0 Å². The summed E-state index contributed by atoms with van der Waals surface area (Å²) in [4.78, 5) is 34.7. The molecule has 37 heavy (non-hydrogen) atoms. The minimum Gasteiger partial charge on any atom is -0.487 e. The van der Waals surface area contributed by atoms with Gasteiger partial charge in [-0.1, -0.05) is 0 Å². The number of anilines is 1. The number of hydrogen-bond acceptors (Lipinski definition) is 7. The number of esters is 1. The molecule has 0 heterocycles. The maximum Gasteiger partial charge on any atom is 0.338 e. The molecule has 0 bridgehead atoms. The second-order valence-corrected chi connectivity index (χ2v) is 9.16. The number of benzene rings is 3. The molecule has 0 saturated carbocycles. The number of nitro benzene ring substituents is 1. The average Bonchev–Trinajstić information content (AvgIpc) is 2.87.